The zero-order valence-electron chi connectivity index (χ0n) is 10.2. The molecule has 17 heavy (non-hydrogen) atoms. The van der Waals surface area contributed by atoms with Crippen LogP contribution in [0.3, 0.4) is 0 Å². The molecule has 1 heterocycles. The largest absolute Gasteiger partial charge is 0.469 e. The highest BCUT2D eigenvalue weighted by Gasteiger charge is 2.46. The van der Waals surface area contributed by atoms with Crippen LogP contribution in [-0.4, -0.2) is 17.9 Å². The Balaban J connectivity index is 2.06. The van der Waals surface area contributed by atoms with Crippen molar-refractivity contribution in [3.05, 3.63) is 23.7 Å². The minimum atomic E-state index is -0.758. The van der Waals surface area contributed by atoms with Gasteiger partial charge in [-0.1, -0.05) is 0 Å². The average molecular weight is 232 g/mol. The van der Waals surface area contributed by atoms with E-state index in [0.717, 1.165) is 17.7 Å². The first-order chi connectivity index (χ1) is 8.09. The molecular weight excluding hydrogens is 216 g/mol. The van der Waals surface area contributed by atoms with Gasteiger partial charge in [-0.15, -0.1) is 0 Å². The van der Waals surface area contributed by atoms with Crippen LogP contribution in [0.5, 0.6) is 0 Å². The highest BCUT2D eigenvalue weighted by molar-refractivity contribution is 5.86. The first-order valence-electron chi connectivity index (χ1n) is 5.79. The van der Waals surface area contributed by atoms with E-state index in [2.05, 4.69) is 6.07 Å². The van der Waals surface area contributed by atoms with Crippen LogP contribution in [0.4, 0.5) is 0 Å². The predicted octanol–water partition coefficient (Wildman–Crippen LogP) is 2.24. The lowest BCUT2D eigenvalue weighted by Gasteiger charge is -2.36. The Morgan fingerprint density at radius 2 is 2.35 bits per heavy atom. The second-order valence-electron chi connectivity index (χ2n) is 4.71. The predicted molar refractivity (Wildman–Crippen MR) is 61.8 cm³/mol. The minimum Gasteiger partial charge on any atom is -0.469 e. The molecule has 4 heteroatoms. The normalized spacial score (nSPS) is 17.0. The number of hydrogen-bond acceptors (Lipinski definition) is 3. The maximum Gasteiger partial charge on any atom is 0.243 e. The summed E-state index contributed by atoms with van der Waals surface area (Å²) in [5.41, 5.74) is 0.236. The lowest BCUT2D eigenvalue weighted by molar-refractivity contribution is -0.142. The van der Waals surface area contributed by atoms with Gasteiger partial charge in [-0.2, -0.15) is 5.26 Å². The van der Waals surface area contributed by atoms with Gasteiger partial charge in [0.1, 0.15) is 11.2 Å². The number of carbonyl (C=O) groups is 1. The van der Waals surface area contributed by atoms with Crippen molar-refractivity contribution in [3.8, 4) is 6.07 Å². The molecule has 0 saturated heterocycles. The second kappa shape index (κ2) is 4.25. The van der Waals surface area contributed by atoms with Crippen molar-refractivity contribution < 1.29 is 9.21 Å². The summed E-state index contributed by atoms with van der Waals surface area (Å²) in [6, 6.07) is 4.04. The van der Waals surface area contributed by atoms with Crippen molar-refractivity contribution >= 4 is 5.91 Å². The SMILES string of the molecule is Cc1occc1CN(C)C(=O)C1(C#N)CCC1. The third kappa shape index (κ3) is 1.93. The van der Waals surface area contributed by atoms with Crippen molar-refractivity contribution in [2.75, 3.05) is 7.05 Å². The molecular formula is C13H16N2O2. The third-order valence-electron chi connectivity index (χ3n) is 3.55. The summed E-state index contributed by atoms with van der Waals surface area (Å²) in [5, 5.41) is 9.12. The van der Waals surface area contributed by atoms with Crippen LogP contribution in [0.25, 0.3) is 0 Å². The van der Waals surface area contributed by atoms with Crippen LogP contribution in [0.1, 0.15) is 30.6 Å². The van der Waals surface area contributed by atoms with E-state index < -0.39 is 5.41 Å². The number of aryl methyl sites for hydroxylation is 1. The Labute approximate surface area is 101 Å². The van der Waals surface area contributed by atoms with E-state index in [4.69, 9.17) is 9.68 Å². The molecule has 0 N–H and O–H groups in total. The first kappa shape index (κ1) is 11.7. The maximum atomic E-state index is 12.2. The van der Waals surface area contributed by atoms with E-state index >= 15 is 0 Å². The summed E-state index contributed by atoms with van der Waals surface area (Å²) in [6.45, 7) is 2.38. The summed E-state index contributed by atoms with van der Waals surface area (Å²) in [4.78, 5) is 13.8. The standard InChI is InChI=1S/C13H16N2O2/c1-10-11(4-7-17-10)8-15(2)12(16)13(9-14)5-3-6-13/h4,7H,3,5-6,8H2,1-2H3. The molecule has 0 radical (unpaired) electrons. The topological polar surface area (TPSA) is 57.2 Å². The van der Waals surface area contributed by atoms with E-state index in [1.807, 2.05) is 13.0 Å². The number of furan rings is 1. The smallest absolute Gasteiger partial charge is 0.243 e. The first-order valence-corrected chi connectivity index (χ1v) is 5.79. The Hall–Kier alpha value is -1.76. The molecule has 0 atom stereocenters. The number of rotatable bonds is 3. The lowest BCUT2D eigenvalue weighted by Crippen LogP contribution is -2.45. The molecule has 1 aromatic rings. The van der Waals surface area contributed by atoms with Gasteiger partial charge in [-0.25, -0.2) is 0 Å². The van der Waals surface area contributed by atoms with Gasteiger partial charge in [0.15, 0.2) is 0 Å². The second-order valence-corrected chi connectivity index (χ2v) is 4.71. The molecule has 0 unspecified atom stereocenters. The summed E-state index contributed by atoms with van der Waals surface area (Å²) in [6.07, 6.45) is 3.97. The number of nitriles is 1. The minimum absolute atomic E-state index is 0.0631. The molecule has 1 aliphatic rings. The van der Waals surface area contributed by atoms with E-state index in [9.17, 15) is 4.79 Å². The molecule has 90 valence electrons. The highest BCUT2D eigenvalue weighted by Crippen LogP contribution is 2.41. The van der Waals surface area contributed by atoms with Gasteiger partial charge in [-0.05, 0) is 32.3 Å². The van der Waals surface area contributed by atoms with Crippen LogP contribution in [0, 0.1) is 23.7 Å². The maximum absolute atomic E-state index is 12.2. The Morgan fingerprint density at radius 3 is 2.76 bits per heavy atom. The summed E-state index contributed by atoms with van der Waals surface area (Å²) in [7, 11) is 1.74. The molecule has 1 amide bonds. The van der Waals surface area contributed by atoms with Gasteiger partial charge in [-0.3, -0.25) is 4.79 Å². The monoisotopic (exact) mass is 232 g/mol. The molecule has 0 bridgehead atoms. The van der Waals surface area contributed by atoms with Crippen molar-refractivity contribution in [2.24, 2.45) is 5.41 Å². The number of nitrogens with zero attached hydrogens (tertiary/aromatic N) is 2. The zero-order chi connectivity index (χ0) is 12.5. The van der Waals surface area contributed by atoms with Gasteiger partial charge >= 0.3 is 0 Å². The average Bonchev–Trinajstić information content (AvgIpc) is 2.63. The van der Waals surface area contributed by atoms with E-state index in [1.165, 1.54) is 0 Å². The van der Waals surface area contributed by atoms with Crippen LogP contribution in [0.2, 0.25) is 0 Å². The molecule has 0 aliphatic heterocycles. The molecule has 0 aromatic carbocycles. The number of amides is 1. The van der Waals surface area contributed by atoms with Crippen LogP contribution in [0.15, 0.2) is 16.7 Å². The number of hydrogen-bond donors (Lipinski definition) is 0. The molecule has 4 nitrogen and oxygen atoms in total. The van der Waals surface area contributed by atoms with Crippen LogP contribution >= 0.6 is 0 Å². The van der Waals surface area contributed by atoms with Gasteiger partial charge in [0, 0.05) is 19.2 Å². The summed E-state index contributed by atoms with van der Waals surface area (Å²) >= 11 is 0. The highest BCUT2D eigenvalue weighted by atomic mass is 16.3. The fourth-order valence-electron chi connectivity index (χ4n) is 2.17. The summed E-state index contributed by atoms with van der Waals surface area (Å²) < 4.78 is 5.19. The molecule has 1 aliphatic carbocycles. The van der Waals surface area contributed by atoms with Gasteiger partial charge < -0.3 is 9.32 Å². The fourth-order valence-corrected chi connectivity index (χ4v) is 2.17. The van der Waals surface area contributed by atoms with Gasteiger partial charge in [0.2, 0.25) is 5.91 Å². The fraction of sp³-hybridized carbons (Fsp3) is 0.538. The van der Waals surface area contributed by atoms with Crippen molar-refractivity contribution in [1.29, 1.82) is 5.26 Å². The van der Waals surface area contributed by atoms with E-state index in [1.54, 1.807) is 18.2 Å². The third-order valence-corrected chi connectivity index (χ3v) is 3.55. The molecule has 2 rings (SSSR count). The van der Waals surface area contributed by atoms with Crippen LogP contribution < -0.4 is 0 Å². The van der Waals surface area contributed by atoms with Gasteiger partial charge in [0.05, 0.1) is 12.3 Å². The molecule has 1 fully saturated rings. The Bertz CT molecular complexity index is 466. The lowest BCUT2D eigenvalue weighted by atomic mass is 9.69. The Kier molecular flexibility index (Phi) is 2.93. The quantitative estimate of drug-likeness (QED) is 0.803. The summed E-state index contributed by atoms with van der Waals surface area (Å²) in [5.74, 6) is 0.760. The Morgan fingerprint density at radius 1 is 1.65 bits per heavy atom. The van der Waals surface area contributed by atoms with E-state index in [0.29, 0.717) is 19.4 Å². The van der Waals surface area contributed by atoms with Crippen molar-refractivity contribution in [2.45, 2.75) is 32.7 Å². The zero-order valence-corrected chi connectivity index (χ0v) is 10.2. The van der Waals surface area contributed by atoms with Crippen molar-refractivity contribution in [1.82, 2.24) is 4.90 Å². The molecule has 0 spiro atoms. The van der Waals surface area contributed by atoms with Gasteiger partial charge in [0.25, 0.3) is 0 Å². The molecule has 1 aromatic heterocycles. The molecule has 1 saturated carbocycles. The number of carbonyl (C=O) groups excluding carboxylic acids is 1. The van der Waals surface area contributed by atoms with Crippen molar-refractivity contribution in [3.63, 3.8) is 0 Å². The van der Waals surface area contributed by atoms with Crippen LogP contribution in [-0.2, 0) is 11.3 Å². The van der Waals surface area contributed by atoms with E-state index in [-0.39, 0.29) is 5.91 Å².